The number of amides is 1. The number of hydrogen-bond acceptors (Lipinski definition) is 7. The molecule has 4 N–H and O–H groups in total. The van der Waals surface area contributed by atoms with Crippen LogP contribution in [0.2, 0.25) is 0 Å². The van der Waals surface area contributed by atoms with E-state index in [1.54, 1.807) is 16.8 Å². The first-order valence-electron chi connectivity index (χ1n) is 11.2. The van der Waals surface area contributed by atoms with E-state index in [0.29, 0.717) is 17.5 Å². The van der Waals surface area contributed by atoms with Crippen LogP contribution < -0.4 is 21.3 Å². The fourth-order valence-electron chi connectivity index (χ4n) is 4.00. The third kappa shape index (κ3) is 4.61. The van der Waals surface area contributed by atoms with E-state index < -0.39 is 5.82 Å². The van der Waals surface area contributed by atoms with Gasteiger partial charge in [0.1, 0.15) is 5.82 Å². The Labute approximate surface area is 192 Å². The molecule has 1 aliphatic rings. The molecular weight excluding hydrogens is 423 g/mol. The standard InChI is InChI=1S/C23H31FN8O/c1-23(2,3)17-13-28-32-19(17)29-22(31-10-8-14(25)9-11-31)30-21(32)27-12-16-15(20(33)26-4)6-5-7-18(16)24/h5-7,13-14H,8-12,25H2,1-4H3,(H,26,33)(H,27,29,30). The zero-order chi connectivity index (χ0) is 23.8. The Morgan fingerprint density at radius 1 is 1.24 bits per heavy atom. The smallest absolute Gasteiger partial charge is 0.251 e. The van der Waals surface area contributed by atoms with Crippen molar-refractivity contribution in [3.05, 3.63) is 46.9 Å². The largest absolute Gasteiger partial charge is 0.355 e. The monoisotopic (exact) mass is 454 g/mol. The molecule has 176 valence electrons. The third-order valence-electron chi connectivity index (χ3n) is 6.00. The first kappa shape index (κ1) is 22.9. The first-order valence-corrected chi connectivity index (χ1v) is 11.2. The van der Waals surface area contributed by atoms with Crippen LogP contribution in [-0.2, 0) is 12.0 Å². The number of nitrogens with two attached hydrogens (primary N) is 1. The van der Waals surface area contributed by atoms with Gasteiger partial charge in [0.2, 0.25) is 11.9 Å². The van der Waals surface area contributed by atoms with Crippen LogP contribution in [0.25, 0.3) is 5.65 Å². The number of nitrogens with one attached hydrogen (secondary N) is 2. The number of halogens is 1. The number of aromatic nitrogens is 4. The zero-order valence-electron chi connectivity index (χ0n) is 19.5. The Bertz CT molecular complexity index is 1160. The molecule has 33 heavy (non-hydrogen) atoms. The summed E-state index contributed by atoms with van der Waals surface area (Å²) in [6.45, 7) is 7.92. The van der Waals surface area contributed by atoms with Crippen LogP contribution >= 0.6 is 0 Å². The molecule has 0 spiro atoms. The van der Waals surface area contributed by atoms with Gasteiger partial charge in [-0.1, -0.05) is 26.8 Å². The average Bonchev–Trinajstić information content (AvgIpc) is 3.22. The lowest BCUT2D eigenvalue weighted by Crippen LogP contribution is -2.40. The number of carbonyl (C=O) groups is 1. The van der Waals surface area contributed by atoms with Crippen molar-refractivity contribution in [2.24, 2.45) is 5.73 Å². The van der Waals surface area contributed by atoms with Gasteiger partial charge in [0.05, 0.1) is 6.20 Å². The quantitative estimate of drug-likeness (QED) is 0.543. The van der Waals surface area contributed by atoms with Crippen molar-refractivity contribution in [3.8, 4) is 0 Å². The maximum atomic E-state index is 14.6. The number of rotatable bonds is 5. The summed E-state index contributed by atoms with van der Waals surface area (Å²) in [5, 5.41) is 10.3. The lowest BCUT2D eigenvalue weighted by atomic mass is 9.89. The second kappa shape index (κ2) is 8.93. The molecule has 0 saturated carbocycles. The summed E-state index contributed by atoms with van der Waals surface area (Å²) >= 11 is 0. The third-order valence-corrected chi connectivity index (χ3v) is 6.00. The summed E-state index contributed by atoms with van der Waals surface area (Å²) in [5.74, 6) is 0.211. The predicted octanol–water partition coefficient (Wildman–Crippen LogP) is 2.46. The number of hydrogen-bond donors (Lipinski definition) is 3. The molecule has 1 aromatic carbocycles. The molecule has 10 heteroatoms. The van der Waals surface area contributed by atoms with E-state index in [1.807, 2.05) is 0 Å². The Morgan fingerprint density at radius 3 is 2.64 bits per heavy atom. The van der Waals surface area contributed by atoms with Gasteiger partial charge in [0.15, 0.2) is 5.65 Å². The summed E-state index contributed by atoms with van der Waals surface area (Å²) in [5.41, 5.74) is 8.12. The maximum Gasteiger partial charge on any atom is 0.251 e. The van der Waals surface area contributed by atoms with Crippen molar-refractivity contribution >= 4 is 23.5 Å². The van der Waals surface area contributed by atoms with E-state index in [-0.39, 0.29) is 35.0 Å². The second-order valence-corrected chi connectivity index (χ2v) is 9.41. The van der Waals surface area contributed by atoms with Gasteiger partial charge in [-0.15, -0.1) is 0 Å². The van der Waals surface area contributed by atoms with Gasteiger partial charge in [0, 0.05) is 49.4 Å². The lowest BCUT2D eigenvalue weighted by Gasteiger charge is -2.30. The number of fused-ring (bicyclic) bond motifs is 1. The molecular formula is C23H31FN8O. The van der Waals surface area contributed by atoms with Crippen LogP contribution in [0, 0.1) is 5.82 Å². The fraction of sp³-hybridized carbons (Fsp3) is 0.478. The van der Waals surface area contributed by atoms with Gasteiger partial charge in [0.25, 0.3) is 5.91 Å². The molecule has 2 aromatic heterocycles. The van der Waals surface area contributed by atoms with E-state index in [9.17, 15) is 9.18 Å². The molecule has 0 aliphatic carbocycles. The maximum absolute atomic E-state index is 14.6. The molecule has 0 bridgehead atoms. The van der Waals surface area contributed by atoms with Gasteiger partial charge in [-0.25, -0.2) is 4.39 Å². The van der Waals surface area contributed by atoms with E-state index in [4.69, 9.17) is 15.7 Å². The summed E-state index contributed by atoms with van der Waals surface area (Å²) in [7, 11) is 1.52. The van der Waals surface area contributed by atoms with Gasteiger partial charge in [-0.05, 0) is 30.4 Å². The fourth-order valence-corrected chi connectivity index (χ4v) is 4.00. The van der Waals surface area contributed by atoms with Crippen LogP contribution in [0.4, 0.5) is 16.3 Å². The molecule has 4 rings (SSSR count). The zero-order valence-corrected chi connectivity index (χ0v) is 19.5. The highest BCUT2D eigenvalue weighted by molar-refractivity contribution is 5.95. The minimum atomic E-state index is -0.463. The molecule has 1 fully saturated rings. The van der Waals surface area contributed by atoms with Crippen LogP contribution in [0.5, 0.6) is 0 Å². The number of anilines is 2. The van der Waals surface area contributed by atoms with E-state index in [1.165, 1.54) is 19.2 Å². The van der Waals surface area contributed by atoms with Crippen molar-refractivity contribution in [2.45, 2.75) is 51.6 Å². The van der Waals surface area contributed by atoms with Crippen molar-refractivity contribution in [2.75, 3.05) is 30.4 Å². The molecule has 0 radical (unpaired) electrons. The molecule has 1 aliphatic heterocycles. The normalized spacial score (nSPS) is 15.2. The Hall–Kier alpha value is -3.27. The predicted molar refractivity (Wildman–Crippen MR) is 126 cm³/mol. The average molecular weight is 455 g/mol. The molecule has 1 saturated heterocycles. The van der Waals surface area contributed by atoms with Crippen LogP contribution in [0.1, 0.15) is 55.1 Å². The van der Waals surface area contributed by atoms with Crippen molar-refractivity contribution in [3.63, 3.8) is 0 Å². The van der Waals surface area contributed by atoms with Gasteiger partial charge in [-0.2, -0.15) is 19.6 Å². The van der Waals surface area contributed by atoms with Gasteiger partial charge >= 0.3 is 0 Å². The summed E-state index contributed by atoms with van der Waals surface area (Å²) < 4.78 is 16.3. The second-order valence-electron chi connectivity index (χ2n) is 9.41. The molecule has 0 unspecified atom stereocenters. The first-order chi connectivity index (χ1) is 15.7. The number of benzene rings is 1. The SMILES string of the molecule is CNC(=O)c1cccc(F)c1CNc1nc(N2CCC(N)CC2)nc2c(C(C)(C)C)cnn12. The summed E-state index contributed by atoms with van der Waals surface area (Å²) in [4.78, 5) is 23.9. The molecule has 1 amide bonds. The van der Waals surface area contributed by atoms with Crippen molar-refractivity contribution in [1.29, 1.82) is 0 Å². The highest BCUT2D eigenvalue weighted by Gasteiger charge is 2.25. The van der Waals surface area contributed by atoms with Gasteiger partial charge < -0.3 is 21.3 Å². The summed E-state index contributed by atoms with van der Waals surface area (Å²) in [6.07, 6.45) is 3.53. The Balaban J connectivity index is 1.74. The Morgan fingerprint density at radius 2 is 1.97 bits per heavy atom. The molecule has 9 nitrogen and oxygen atoms in total. The highest BCUT2D eigenvalue weighted by atomic mass is 19.1. The number of carbonyl (C=O) groups excluding carboxylic acids is 1. The number of nitrogens with zero attached hydrogens (tertiary/aromatic N) is 5. The molecule has 3 aromatic rings. The molecule has 3 heterocycles. The van der Waals surface area contributed by atoms with E-state index in [0.717, 1.165) is 31.5 Å². The van der Waals surface area contributed by atoms with Crippen LogP contribution in [0.15, 0.2) is 24.4 Å². The molecule has 0 atom stereocenters. The van der Waals surface area contributed by atoms with E-state index >= 15 is 0 Å². The Kier molecular flexibility index (Phi) is 6.20. The minimum absolute atomic E-state index is 0.0660. The lowest BCUT2D eigenvalue weighted by molar-refractivity contribution is 0.0961. The van der Waals surface area contributed by atoms with Gasteiger partial charge in [-0.3, -0.25) is 4.79 Å². The van der Waals surface area contributed by atoms with Crippen LogP contribution in [-0.4, -0.2) is 51.7 Å². The van der Waals surface area contributed by atoms with Crippen molar-refractivity contribution < 1.29 is 9.18 Å². The van der Waals surface area contributed by atoms with Crippen molar-refractivity contribution in [1.82, 2.24) is 24.9 Å². The number of piperidine rings is 1. The highest BCUT2D eigenvalue weighted by Crippen LogP contribution is 2.29. The van der Waals surface area contributed by atoms with E-state index in [2.05, 4.69) is 41.4 Å². The minimum Gasteiger partial charge on any atom is -0.355 e. The topological polar surface area (TPSA) is 113 Å². The van der Waals surface area contributed by atoms with Crippen LogP contribution in [0.3, 0.4) is 0 Å². The summed E-state index contributed by atoms with van der Waals surface area (Å²) in [6, 6.07) is 4.65.